The Kier molecular flexibility index (Phi) is 29.3. The van der Waals surface area contributed by atoms with Gasteiger partial charge in [0.2, 0.25) is 10.0 Å². The SMILES string of the molecule is CCCCCCCCCCCCN=S(=O)=O.CCCCCCCCCCCCc1cc([N+](=O)[O-])c2c(c1)nc1c3ccc4c5ccc6c(=O)n7c(nc8cc(S(=O)(=O)N(CCCCCCCCCCCC)CCCCCCCCCCCC)cc(N)c87)c7ccc(c8ccc(c(=O)n12)c3c84)c5c67. The number of hydrogen-bond donors (Lipinski definition) is 1. The van der Waals surface area contributed by atoms with Crippen molar-refractivity contribution in [3.63, 3.8) is 0 Å². The minimum atomic E-state index is -3.98. The Balaban J connectivity index is 0.000000623. The summed E-state index contributed by atoms with van der Waals surface area (Å²) >= 11 is 0. The van der Waals surface area contributed by atoms with Crippen LogP contribution in [0.1, 0.15) is 290 Å². The molecule has 0 amide bonds. The number of sulfonamides is 1. The molecule has 0 saturated carbocycles. The van der Waals surface area contributed by atoms with Crippen LogP contribution in [0.25, 0.3) is 98.0 Å². The van der Waals surface area contributed by atoms with Gasteiger partial charge in [-0.2, -0.15) is 17.1 Å². The van der Waals surface area contributed by atoms with Crippen LogP contribution in [0.4, 0.5) is 11.4 Å². The van der Waals surface area contributed by atoms with Gasteiger partial charge in [-0.3, -0.25) is 28.5 Å². The van der Waals surface area contributed by atoms with Gasteiger partial charge in [0.25, 0.3) is 16.8 Å². The average Bonchev–Trinajstić information content (AvgIpc) is 1.18. The molecule has 4 heterocycles. The number of nitrogens with zero attached hydrogens (tertiary/aromatic N) is 7. The highest BCUT2D eigenvalue weighted by atomic mass is 32.2. The van der Waals surface area contributed by atoms with E-state index in [0.29, 0.717) is 64.7 Å². The number of fused-ring (bicyclic) bond motifs is 10. The van der Waals surface area contributed by atoms with Crippen LogP contribution in [0.15, 0.2) is 91.6 Å². The van der Waals surface area contributed by atoms with Gasteiger partial charge >= 0.3 is 10.5 Å². The highest BCUT2D eigenvalue weighted by Crippen LogP contribution is 2.47. The molecule has 11 aromatic rings. The summed E-state index contributed by atoms with van der Waals surface area (Å²) in [5, 5.41) is 22.0. The fourth-order valence-electron chi connectivity index (χ4n) is 16.1. The first kappa shape index (κ1) is 77.5. The fraction of sp³-hybridized carbons (Fsp3) is 0.571. The number of non-ortho nitro benzene ring substituents is 1. The van der Waals surface area contributed by atoms with E-state index in [0.717, 1.165) is 130 Å². The molecule has 7 aromatic carbocycles. The quantitative estimate of drug-likeness (QED) is 0.00943. The fourth-order valence-corrected chi connectivity index (χ4v) is 18.0. The van der Waals surface area contributed by atoms with E-state index < -0.39 is 20.5 Å². The summed E-state index contributed by atoms with van der Waals surface area (Å²) in [6, 6.07) is 22.4. The standard InChI is InChI=1S/C72H89N7O6S.C12H25NO2S/c1-4-7-10-13-16-19-22-25-28-31-34-49-45-60-68(62(46-49)79(82)83)78-70(74-60)56-40-36-52-53-37-41-57-65-55(39-35-51(63(53)65)54-38-42-58(72(78)81)66(56)64(52)54)69-75-61-48-50(47-59(73)67(61)77(69)71(57)80)86(84,85)76(43-32-29-26-23-20-17-14-11-8-5-2)44-33-30-27-24-21-18-15-12-9-6-3;1-2-3-4-5-6-7-8-9-10-11-12-13-16(14)15/h35-42,45-48H,4-34,43-44,73H2,1-3H3;2-12H2,1H3. The summed E-state index contributed by atoms with van der Waals surface area (Å²) in [6.45, 7) is 10.3. The summed E-state index contributed by atoms with van der Waals surface area (Å²) in [5.41, 5.74) is 9.30. The minimum Gasteiger partial charge on any atom is -0.397 e. The van der Waals surface area contributed by atoms with Gasteiger partial charge in [0, 0.05) is 51.5 Å². The molecule has 0 aliphatic rings. The van der Waals surface area contributed by atoms with Crippen molar-refractivity contribution in [3.8, 4) is 0 Å². The van der Waals surface area contributed by atoms with Crippen molar-refractivity contribution >= 4 is 130 Å². The first-order valence-corrected chi connectivity index (χ1v) is 42.3. The van der Waals surface area contributed by atoms with Crippen LogP contribution in [0.3, 0.4) is 0 Å². The third kappa shape index (κ3) is 18.5. The summed E-state index contributed by atoms with van der Waals surface area (Å²) in [4.78, 5) is 52.6. The van der Waals surface area contributed by atoms with Crippen LogP contribution in [-0.2, 0) is 26.9 Å². The van der Waals surface area contributed by atoms with Crippen molar-refractivity contribution in [1.29, 1.82) is 0 Å². The number of nitrogen functional groups attached to an aromatic ring is 1. The maximum absolute atomic E-state index is 15.1. The van der Waals surface area contributed by atoms with Gasteiger partial charge in [-0.05, 0) is 112 Å². The number of benzene rings is 7. The zero-order valence-corrected chi connectivity index (χ0v) is 63.5. The summed E-state index contributed by atoms with van der Waals surface area (Å²) in [6.07, 6.45) is 48.7. The van der Waals surface area contributed by atoms with Crippen LogP contribution in [0.5, 0.6) is 0 Å². The Labute approximate surface area is 605 Å². The molecule has 0 saturated heterocycles. The van der Waals surface area contributed by atoms with Gasteiger partial charge < -0.3 is 5.73 Å². The van der Waals surface area contributed by atoms with Crippen molar-refractivity contribution in [2.75, 3.05) is 25.4 Å². The minimum absolute atomic E-state index is 0.0902. The number of nitro benzene ring substituents is 1. The van der Waals surface area contributed by atoms with Gasteiger partial charge in [0.15, 0.2) is 5.52 Å². The van der Waals surface area contributed by atoms with Gasteiger partial charge in [0.1, 0.15) is 11.3 Å². The summed E-state index contributed by atoms with van der Waals surface area (Å²) in [5.74, 6) is 0. The molecule has 550 valence electrons. The highest BCUT2D eigenvalue weighted by molar-refractivity contribution is 7.89. The maximum Gasteiger partial charge on any atom is 0.311 e. The molecule has 0 spiro atoms. The second kappa shape index (κ2) is 38.6. The zero-order valence-electron chi connectivity index (χ0n) is 61.8. The molecule has 0 fully saturated rings. The molecule has 16 nitrogen and oxygen atoms in total. The number of anilines is 1. The first-order chi connectivity index (χ1) is 49.7. The van der Waals surface area contributed by atoms with E-state index >= 15 is 4.79 Å². The molecule has 0 aliphatic heterocycles. The molecule has 11 rings (SSSR count). The van der Waals surface area contributed by atoms with Crippen molar-refractivity contribution < 1.29 is 21.8 Å². The number of unbranched alkanes of at least 4 members (excludes halogenated alkanes) is 36. The molecular weight excluding hydrogens is 1310 g/mol. The number of rotatable bonds is 47. The predicted octanol–water partition coefficient (Wildman–Crippen LogP) is 23.0. The molecule has 102 heavy (non-hydrogen) atoms. The second-order valence-corrected chi connectivity index (χ2v) is 32.0. The summed E-state index contributed by atoms with van der Waals surface area (Å²) in [7, 11) is -6.18. The summed E-state index contributed by atoms with van der Waals surface area (Å²) < 4.78 is 58.0. The van der Waals surface area contributed by atoms with E-state index in [1.165, 1.54) is 197 Å². The number of hydrogen-bond acceptors (Lipinski definition) is 12. The molecule has 0 radical (unpaired) electrons. The van der Waals surface area contributed by atoms with Crippen LogP contribution >= 0.6 is 0 Å². The lowest BCUT2D eigenvalue weighted by Crippen LogP contribution is -2.33. The zero-order chi connectivity index (χ0) is 72.0. The van der Waals surface area contributed by atoms with E-state index in [1.807, 2.05) is 48.5 Å². The topological polar surface area (TPSA) is 222 Å². The second-order valence-electron chi connectivity index (χ2n) is 29.4. The number of imidazole rings is 2. The normalized spacial score (nSPS) is 12.3. The Bertz CT molecular complexity index is 4900. The Morgan fingerprint density at radius 3 is 1.17 bits per heavy atom. The van der Waals surface area contributed by atoms with Gasteiger partial charge in [0.05, 0.1) is 38.6 Å². The molecule has 4 aromatic heterocycles. The van der Waals surface area contributed by atoms with E-state index in [1.54, 1.807) is 20.8 Å². The molecule has 2 N–H and O–H groups in total. The number of nitro groups is 1. The average molecular weight is 1430 g/mol. The number of aryl methyl sites for hydroxylation is 1. The lowest BCUT2D eigenvalue weighted by atomic mass is 9.86. The van der Waals surface area contributed by atoms with Gasteiger partial charge in [-0.25, -0.2) is 18.4 Å². The smallest absolute Gasteiger partial charge is 0.311 e. The van der Waals surface area contributed by atoms with Crippen LogP contribution in [0.2, 0.25) is 0 Å². The van der Waals surface area contributed by atoms with E-state index in [2.05, 4.69) is 38.1 Å². The van der Waals surface area contributed by atoms with Crippen molar-refractivity contribution in [2.24, 2.45) is 4.36 Å². The highest BCUT2D eigenvalue weighted by Gasteiger charge is 2.30. The third-order valence-corrected chi connectivity index (χ3v) is 24.0. The third-order valence-electron chi connectivity index (χ3n) is 21.7. The molecule has 0 atom stereocenters. The molecular formula is C84H114N8O8S2. The van der Waals surface area contributed by atoms with E-state index in [-0.39, 0.29) is 37.8 Å². The van der Waals surface area contributed by atoms with Gasteiger partial charge in [-0.1, -0.05) is 283 Å². The van der Waals surface area contributed by atoms with Crippen molar-refractivity contribution in [2.45, 2.75) is 296 Å². The molecule has 18 heteroatoms. The predicted molar refractivity (Wildman–Crippen MR) is 427 cm³/mol. The number of pyridine rings is 2. The first-order valence-electron chi connectivity index (χ1n) is 39.8. The largest absolute Gasteiger partial charge is 0.397 e. The Morgan fingerprint density at radius 1 is 0.441 bits per heavy atom. The number of nitrogens with two attached hydrogens (primary N) is 1. The Hall–Kier alpha value is -7.15. The molecule has 0 bridgehead atoms. The van der Waals surface area contributed by atoms with Gasteiger partial charge in [-0.15, -0.1) is 0 Å². The monoisotopic (exact) mass is 1430 g/mol. The lowest BCUT2D eigenvalue weighted by molar-refractivity contribution is -0.383. The van der Waals surface area contributed by atoms with Crippen LogP contribution in [0, 0.1) is 10.1 Å². The molecule has 0 aliphatic carbocycles. The van der Waals surface area contributed by atoms with Crippen molar-refractivity contribution in [3.05, 3.63) is 109 Å². The lowest BCUT2D eigenvalue weighted by Gasteiger charge is -2.22. The van der Waals surface area contributed by atoms with E-state index in [9.17, 15) is 31.7 Å². The van der Waals surface area contributed by atoms with Crippen LogP contribution < -0.4 is 16.9 Å². The van der Waals surface area contributed by atoms with E-state index in [4.69, 9.17) is 15.7 Å². The Morgan fingerprint density at radius 2 is 0.775 bits per heavy atom. The maximum atomic E-state index is 15.1. The van der Waals surface area contributed by atoms with Crippen LogP contribution in [-0.4, -0.2) is 64.5 Å². The number of aromatic nitrogens is 4. The van der Waals surface area contributed by atoms with Crippen molar-refractivity contribution in [1.82, 2.24) is 23.1 Å². The molecule has 0 unspecified atom stereocenters.